The van der Waals surface area contributed by atoms with Gasteiger partial charge in [0.1, 0.15) is 12.4 Å². The molecule has 0 radical (unpaired) electrons. The Morgan fingerprint density at radius 2 is 1.67 bits per heavy atom. The van der Waals surface area contributed by atoms with Crippen LogP contribution in [-0.2, 0) is 13.2 Å². The summed E-state index contributed by atoms with van der Waals surface area (Å²) in [7, 11) is 0. The van der Waals surface area contributed by atoms with Crippen molar-refractivity contribution in [3.05, 3.63) is 64.2 Å². The summed E-state index contributed by atoms with van der Waals surface area (Å²) in [5.41, 5.74) is 6.41. The Hall–Kier alpha value is -1.80. The van der Waals surface area contributed by atoms with E-state index in [-0.39, 0.29) is 0 Å². The molecule has 0 amide bonds. The number of aryl methyl sites for hydroxylation is 3. The molecule has 0 aliphatic carbocycles. The van der Waals surface area contributed by atoms with E-state index >= 15 is 0 Å². The molecule has 0 bridgehead atoms. The molecule has 0 unspecified atom stereocenters. The van der Waals surface area contributed by atoms with Crippen molar-refractivity contribution in [2.75, 3.05) is 6.54 Å². The number of rotatable bonds is 6. The van der Waals surface area contributed by atoms with Gasteiger partial charge in [-0.3, -0.25) is 0 Å². The molecule has 21 heavy (non-hydrogen) atoms. The van der Waals surface area contributed by atoms with Gasteiger partial charge in [-0.25, -0.2) is 0 Å². The molecule has 0 saturated carbocycles. The van der Waals surface area contributed by atoms with Crippen LogP contribution in [0.5, 0.6) is 5.75 Å². The lowest BCUT2D eigenvalue weighted by atomic mass is 10.0. The van der Waals surface area contributed by atoms with Crippen molar-refractivity contribution >= 4 is 0 Å². The first-order valence-electron chi connectivity index (χ1n) is 7.60. The van der Waals surface area contributed by atoms with Gasteiger partial charge in [-0.1, -0.05) is 42.8 Å². The van der Waals surface area contributed by atoms with E-state index in [2.05, 4.69) is 57.3 Å². The first kappa shape index (κ1) is 15.6. The molecule has 0 atom stereocenters. The van der Waals surface area contributed by atoms with Gasteiger partial charge in [-0.05, 0) is 50.1 Å². The number of benzene rings is 2. The summed E-state index contributed by atoms with van der Waals surface area (Å²) < 4.78 is 6.08. The monoisotopic (exact) mass is 283 g/mol. The summed E-state index contributed by atoms with van der Waals surface area (Å²) >= 11 is 0. The number of para-hydroxylation sites is 1. The highest BCUT2D eigenvalue weighted by Crippen LogP contribution is 2.22. The Morgan fingerprint density at radius 3 is 2.33 bits per heavy atom. The van der Waals surface area contributed by atoms with E-state index in [1.165, 1.54) is 27.8 Å². The van der Waals surface area contributed by atoms with Crippen LogP contribution in [0.4, 0.5) is 0 Å². The minimum absolute atomic E-state index is 0.626. The fourth-order valence-corrected chi connectivity index (χ4v) is 2.64. The van der Waals surface area contributed by atoms with Crippen LogP contribution < -0.4 is 10.1 Å². The quantitative estimate of drug-likeness (QED) is 0.853. The molecule has 1 N–H and O–H groups in total. The van der Waals surface area contributed by atoms with E-state index in [0.717, 1.165) is 18.8 Å². The van der Waals surface area contributed by atoms with Gasteiger partial charge in [0.25, 0.3) is 0 Å². The van der Waals surface area contributed by atoms with Crippen molar-refractivity contribution in [3.63, 3.8) is 0 Å². The van der Waals surface area contributed by atoms with Crippen LogP contribution in [0.15, 0.2) is 36.4 Å². The van der Waals surface area contributed by atoms with Gasteiger partial charge in [-0.2, -0.15) is 0 Å². The zero-order chi connectivity index (χ0) is 15.2. The molecule has 2 nitrogen and oxygen atoms in total. The predicted octanol–water partition coefficient (Wildman–Crippen LogP) is 4.30. The largest absolute Gasteiger partial charge is 0.489 e. The fourth-order valence-electron chi connectivity index (χ4n) is 2.64. The van der Waals surface area contributed by atoms with Crippen LogP contribution >= 0.6 is 0 Å². The molecule has 2 rings (SSSR count). The van der Waals surface area contributed by atoms with E-state index < -0.39 is 0 Å². The van der Waals surface area contributed by atoms with E-state index in [1.54, 1.807) is 0 Å². The highest BCUT2D eigenvalue weighted by molar-refractivity contribution is 5.38. The average Bonchev–Trinajstić information content (AvgIpc) is 2.45. The molecule has 112 valence electrons. The number of hydrogen-bond acceptors (Lipinski definition) is 2. The lowest BCUT2D eigenvalue weighted by Crippen LogP contribution is -2.13. The lowest BCUT2D eigenvalue weighted by Gasteiger charge is -2.15. The highest BCUT2D eigenvalue weighted by Gasteiger charge is 2.07. The number of hydrogen-bond donors (Lipinski definition) is 1. The summed E-state index contributed by atoms with van der Waals surface area (Å²) in [5.74, 6) is 0.970. The number of ether oxygens (including phenoxy) is 1. The molecule has 2 aromatic carbocycles. The molecular weight excluding hydrogens is 258 g/mol. The Morgan fingerprint density at radius 1 is 1.00 bits per heavy atom. The third kappa shape index (κ3) is 4.08. The second-order valence-electron chi connectivity index (χ2n) is 5.55. The van der Waals surface area contributed by atoms with E-state index in [0.29, 0.717) is 6.61 Å². The lowest BCUT2D eigenvalue weighted by molar-refractivity contribution is 0.300. The van der Waals surface area contributed by atoms with Crippen LogP contribution in [0, 0.1) is 20.8 Å². The molecule has 0 aliphatic heterocycles. The fraction of sp³-hybridized carbons (Fsp3) is 0.368. The number of nitrogens with one attached hydrogen (secondary N) is 1. The molecular formula is C19H25NO. The topological polar surface area (TPSA) is 21.3 Å². The Labute approximate surface area is 128 Å². The minimum atomic E-state index is 0.626. The predicted molar refractivity (Wildman–Crippen MR) is 88.8 cm³/mol. The summed E-state index contributed by atoms with van der Waals surface area (Å²) in [6, 6.07) is 12.7. The van der Waals surface area contributed by atoms with E-state index in [1.807, 2.05) is 12.1 Å². The SMILES string of the molecule is CCNCc1ccccc1OCc1c(C)cc(C)cc1C. The van der Waals surface area contributed by atoms with Gasteiger partial charge in [0.2, 0.25) is 0 Å². The van der Waals surface area contributed by atoms with Gasteiger partial charge >= 0.3 is 0 Å². The van der Waals surface area contributed by atoms with Crippen molar-refractivity contribution in [2.45, 2.75) is 40.8 Å². The zero-order valence-corrected chi connectivity index (χ0v) is 13.5. The van der Waals surface area contributed by atoms with Crippen LogP contribution in [0.25, 0.3) is 0 Å². The smallest absolute Gasteiger partial charge is 0.124 e. The normalized spacial score (nSPS) is 10.7. The van der Waals surface area contributed by atoms with Crippen molar-refractivity contribution in [2.24, 2.45) is 0 Å². The van der Waals surface area contributed by atoms with Gasteiger partial charge in [0.15, 0.2) is 0 Å². The Bertz CT molecular complexity index is 581. The van der Waals surface area contributed by atoms with Gasteiger partial charge in [0.05, 0.1) is 0 Å². The molecule has 2 heteroatoms. The average molecular weight is 283 g/mol. The second kappa shape index (κ2) is 7.28. The summed E-state index contributed by atoms with van der Waals surface area (Å²) in [6.45, 7) is 11.0. The summed E-state index contributed by atoms with van der Waals surface area (Å²) in [5, 5.41) is 3.35. The zero-order valence-electron chi connectivity index (χ0n) is 13.5. The Kier molecular flexibility index (Phi) is 5.40. The van der Waals surface area contributed by atoms with Crippen LogP contribution in [0.3, 0.4) is 0 Å². The summed E-state index contributed by atoms with van der Waals surface area (Å²) in [4.78, 5) is 0. The maximum Gasteiger partial charge on any atom is 0.124 e. The molecule has 0 heterocycles. The third-order valence-corrected chi connectivity index (χ3v) is 3.75. The summed E-state index contributed by atoms with van der Waals surface area (Å²) in [6.07, 6.45) is 0. The van der Waals surface area contributed by atoms with E-state index in [4.69, 9.17) is 4.74 Å². The highest BCUT2D eigenvalue weighted by atomic mass is 16.5. The second-order valence-corrected chi connectivity index (χ2v) is 5.55. The molecule has 0 aliphatic rings. The molecule has 0 spiro atoms. The van der Waals surface area contributed by atoms with Gasteiger partial charge < -0.3 is 10.1 Å². The van der Waals surface area contributed by atoms with Crippen LogP contribution in [-0.4, -0.2) is 6.54 Å². The minimum Gasteiger partial charge on any atom is -0.489 e. The van der Waals surface area contributed by atoms with Crippen LogP contribution in [0.1, 0.15) is 34.7 Å². The molecule has 0 aromatic heterocycles. The molecule has 0 fully saturated rings. The molecule has 0 saturated heterocycles. The van der Waals surface area contributed by atoms with Crippen molar-refractivity contribution < 1.29 is 4.74 Å². The van der Waals surface area contributed by atoms with Crippen molar-refractivity contribution in [1.29, 1.82) is 0 Å². The maximum atomic E-state index is 6.08. The van der Waals surface area contributed by atoms with Gasteiger partial charge in [0, 0.05) is 12.1 Å². The molecule has 2 aromatic rings. The third-order valence-electron chi connectivity index (χ3n) is 3.75. The Balaban J connectivity index is 2.13. The first-order valence-corrected chi connectivity index (χ1v) is 7.60. The van der Waals surface area contributed by atoms with Crippen molar-refractivity contribution in [3.8, 4) is 5.75 Å². The maximum absolute atomic E-state index is 6.08. The van der Waals surface area contributed by atoms with Gasteiger partial charge in [-0.15, -0.1) is 0 Å². The standard InChI is InChI=1S/C19H25NO/c1-5-20-12-17-8-6-7-9-19(17)21-13-18-15(3)10-14(2)11-16(18)4/h6-11,20H,5,12-13H2,1-4H3. The van der Waals surface area contributed by atoms with Crippen molar-refractivity contribution in [1.82, 2.24) is 5.32 Å². The first-order chi connectivity index (χ1) is 10.1. The van der Waals surface area contributed by atoms with E-state index in [9.17, 15) is 0 Å². The van der Waals surface area contributed by atoms with Crippen LogP contribution in [0.2, 0.25) is 0 Å².